The van der Waals surface area contributed by atoms with Gasteiger partial charge in [0, 0.05) is 37.0 Å². The van der Waals surface area contributed by atoms with Gasteiger partial charge in [-0.2, -0.15) is 11.8 Å². The van der Waals surface area contributed by atoms with Crippen molar-refractivity contribution in [2.45, 2.75) is 37.1 Å². The van der Waals surface area contributed by atoms with Crippen LogP contribution in [0.15, 0.2) is 0 Å². The van der Waals surface area contributed by atoms with Crippen LogP contribution in [0.5, 0.6) is 0 Å². The predicted molar refractivity (Wildman–Crippen MR) is 76.9 cm³/mol. The largest absolute Gasteiger partial charge is 0.314 e. The molecule has 0 aromatic rings. The van der Waals surface area contributed by atoms with Crippen LogP contribution in [-0.4, -0.2) is 73.2 Å². The molecule has 0 aromatic carbocycles. The average molecular weight is 257 g/mol. The Morgan fingerprint density at radius 3 is 2.94 bits per heavy atom. The number of hydrogen-bond donors (Lipinski definition) is 1. The van der Waals surface area contributed by atoms with Crippen molar-refractivity contribution in [2.24, 2.45) is 0 Å². The second-order valence-corrected chi connectivity index (χ2v) is 6.44. The molecule has 1 N–H and O–H groups in total. The highest BCUT2D eigenvalue weighted by atomic mass is 32.2. The Bertz CT molecular complexity index is 237. The van der Waals surface area contributed by atoms with Gasteiger partial charge in [-0.05, 0) is 39.2 Å². The molecule has 0 aromatic heterocycles. The molecule has 0 amide bonds. The fourth-order valence-electron chi connectivity index (χ4n) is 3.31. The zero-order chi connectivity index (χ0) is 12.3. The SMILES string of the molecule is CCN1CCCC1CN(C)C1CNCC1SC. The summed E-state index contributed by atoms with van der Waals surface area (Å²) in [6.45, 7) is 8.41. The van der Waals surface area contributed by atoms with Gasteiger partial charge in [0.2, 0.25) is 0 Å². The normalized spacial score (nSPS) is 34.9. The Balaban J connectivity index is 1.85. The Morgan fingerprint density at radius 1 is 1.41 bits per heavy atom. The van der Waals surface area contributed by atoms with Crippen molar-refractivity contribution in [3.63, 3.8) is 0 Å². The third-order valence-corrected chi connectivity index (χ3v) is 5.49. The van der Waals surface area contributed by atoms with E-state index in [0.29, 0.717) is 0 Å². The zero-order valence-electron chi connectivity index (χ0n) is 11.5. The molecule has 4 heteroatoms. The fourth-order valence-corrected chi connectivity index (χ4v) is 4.21. The summed E-state index contributed by atoms with van der Waals surface area (Å²) in [4.78, 5) is 5.24. The number of likely N-dealkylation sites (tertiary alicyclic amines) is 1. The van der Waals surface area contributed by atoms with E-state index in [1.54, 1.807) is 0 Å². The van der Waals surface area contributed by atoms with E-state index in [2.05, 4.69) is 35.3 Å². The fraction of sp³-hybridized carbons (Fsp3) is 1.00. The molecule has 0 aliphatic carbocycles. The van der Waals surface area contributed by atoms with Crippen LogP contribution in [0.2, 0.25) is 0 Å². The molecular weight excluding hydrogens is 230 g/mol. The minimum atomic E-state index is 0.726. The van der Waals surface area contributed by atoms with E-state index in [0.717, 1.165) is 17.3 Å². The second kappa shape index (κ2) is 6.41. The minimum Gasteiger partial charge on any atom is -0.314 e. The molecular formula is C13H27N3S. The third-order valence-electron chi connectivity index (χ3n) is 4.40. The predicted octanol–water partition coefficient (Wildman–Crippen LogP) is 1.11. The number of thioether (sulfide) groups is 1. The lowest BCUT2D eigenvalue weighted by Crippen LogP contribution is -2.46. The maximum Gasteiger partial charge on any atom is 0.0349 e. The number of nitrogens with one attached hydrogen (secondary N) is 1. The first-order chi connectivity index (χ1) is 8.26. The van der Waals surface area contributed by atoms with Gasteiger partial charge in [-0.1, -0.05) is 6.92 Å². The maximum absolute atomic E-state index is 3.53. The van der Waals surface area contributed by atoms with E-state index in [4.69, 9.17) is 0 Å². The third kappa shape index (κ3) is 3.16. The summed E-state index contributed by atoms with van der Waals surface area (Å²) >= 11 is 2.02. The number of hydrogen-bond acceptors (Lipinski definition) is 4. The summed E-state index contributed by atoms with van der Waals surface area (Å²) in [5.74, 6) is 0. The van der Waals surface area contributed by atoms with Crippen molar-refractivity contribution in [1.82, 2.24) is 15.1 Å². The average Bonchev–Trinajstić information content (AvgIpc) is 2.96. The molecule has 0 radical (unpaired) electrons. The van der Waals surface area contributed by atoms with Gasteiger partial charge in [0.05, 0.1) is 0 Å². The monoisotopic (exact) mass is 257 g/mol. The van der Waals surface area contributed by atoms with E-state index in [-0.39, 0.29) is 0 Å². The number of nitrogens with zero attached hydrogens (tertiary/aromatic N) is 2. The van der Waals surface area contributed by atoms with Crippen molar-refractivity contribution >= 4 is 11.8 Å². The molecule has 2 aliphatic rings. The quantitative estimate of drug-likeness (QED) is 0.795. The highest BCUT2D eigenvalue weighted by Crippen LogP contribution is 2.22. The van der Waals surface area contributed by atoms with E-state index in [1.807, 2.05) is 11.8 Å². The molecule has 2 fully saturated rings. The van der Waals surface area contributed by atoms with Crippen molar-refractivity contribution < 1.29 is 0 Å². The molecule has 0 spiro atoms. The van der Waals surface area contributed by atoms with Crippen molar-refractivity contribution in [3.8, 4) is 0 Å². The highest BCUT2D eigenvalue weighted by molar-refractivity contribution is 7.99. The molecule has 3 nitrogen and oxygen atoms in total. The zero-order valence-corrected chi connectivity index (χ0v) is 12.3. The first kappa shape index (κ1) is 13.7. The van der Waals surface area contributed by atoms with Crippen molar-refractivity contribution in [3.05, 3.63) is 0 Å². The van der Waals surface area contributed by atoms with Crippen LogP contribution in [-0.2, 0) is 0 Å². The molecule has 2 rings (SSSR count). The van der Waals surface area contributed by atoms with Crippen LogP contribution >= 0.6 is 11.8 Å². The summed E-state index contributed by atoms with van der Waals surface area (Å²) in [5.41, 5.74) is 0. The summed E-state index contributed by atoms with van der Waals surface area (Å²) in [6.07, 6.45) is 5.02. The summed E-state index contributed by atoms with van der Waals surface area (Å²) < 4.78 is 0. The van der Waals surface area contributed by atoms with Gasteiger partial charge in [0.15, 0.2) is 0 Å². The Labute approximate surface area is 110 Å². The molecule has 17 heavy (non-hydrogen) atoms. The smallest absolute Gasteiger partial charge is 0.0349 e. The van der Waals surface area contributed by atoms with Gasteiger partial charge < -0.3 is 5.32 Å². The van der Waals surface area contributed by atoms with Gasteiger partial charge in [-0.15, -0.1) is 0 Å². The van der Waals surface area contributed by atoms with Gasteiger partial charge in [0.1, 0.15) is 0 Å². The van der Waals surface area contributed by atoms with E-state index >= 15 is 0 Å². The van der Waals surface area contributed by atoms with Gasteiger partial charge >= 0.3 is 0 Å². The Morgan fingerprint density at radius 2 is 2.24 bits per heavy atom. The van der Waals surface area contributed by atoms with E-state index in [1.165, 1.54) is 45.6 Å². The van der Waals surface area contributed by atoms with Crippen LogP contribution in [0.4, 0.5) is 0 Å². The topological polar surface area (TPSA) is 18.5 Å². The number of likely N-dealkylation sites (N-methyl/N-ethyl adjacent to an activating group) is 2. The van der Waals surface area contributed by atoms with Crippen LogP contribution in [0.25, 0.3) is 0 Å². The minimum absolute atomic E-state index is 0.726. The first-order valence-corrected chi connectivity index (χ1v) is 8.22. The summed E-state index contributed by atoms with van der Waals surface area (Å²) in [6, 6.07) is 1.53. The van der Waals surface area contributed by atoms with Crippen LogP contribution in [0.1, 0.15) is 19.8 Å². The lowest BCUT2D eigenvalue weighted by atomic mass is 10.1. The number of rotatable bonds is 5. The molecule has 2 saturated heterocycles. The van der Waals surface area contributed by atoms with Crippen molar-refractivity contribution in [2.75, 3.05) is 46.0 Å². The van der Waals surface area contributed by atoms with Gasteiger partial charge in [-0.3, -0.25) is 9.80 Å². The molecule has 3 unspecified atom stereocenters. The van der Waals surface area contributed by atoms with Crippen LogP contribution < -0.4 is 5.32 Å². The second-order valence-electron chi connectivity index (χ2n) is 5.36. The Kier molecular flexibility index (Phi) is 5.15. The molecule has 2 aliphatic heterocycles. The molecule has 2 heterocycles. The van der Waals surface area contributed by atoms with Crippen molar-refractivity contribution in [1.29, 1.82) is 0 Å². The maximum atomic E-state index is 3.53. The molecule has 3 atom stereocenters. The van der Waals surface area contributed by atoms with E-state index < -0.39 is 0 Å². The molecule has 0 bridgehead atoms. The summed E-state index contributed by atoms with van der Waals surface area (Å²) in [7, 11) is 2.31. The van der Waals surface area contributed by atoms with Gasteiger partial charge in [-0.25, -0.2) is 0 Å². The molecule has 100 valence electrons. The Hall–Kier alpha value is 0.230. The molecule has 0 saturated carbocycles. The van der Waals surface area contributed by atoms with Crippen LogP contribution in [0, 0.1) is 0 Å². The lowest BCUT2D eigenvalue weighted by Gasteiger charge is -2.33. The van der Waals surface area contributed by atoms with Gasteiger partial charge in [0.25, 0.3) is 0 Å². The van der Waals surface area contributed by atoms with Crippen LogP contribution in [0.3, 0.4) is 0 Å². The highest BCUT2D eigenvalue weighted by Gasteiger charge is 2.32. The standard InChI is InChI=1S/C13H27N3S/c1-4-16-7-5-6-11(16)10-15(2)12-8-14-9-13(12)17-3/h11-14H,4-10H2,1-3H3. The lowest BCUT2D eigenvalue weighted by molar-refractivity contribution is 0.171. The van der Waals surface area contributed by atoms with E-state index in [9.17, 15) is 0 Å². The summed E-state index contributed by atoms with van der Waals surface area (Å²) in [5, 5.41) is 4.30. The first-order valence-electron chi connectivity index (χ1n) is 6.94.